The molecule has 0 radical (unpaired) electrons. The Labute approximate surface area is 177 Å². The fourth-order valence-electron chi connectivity index (χ4n) is 2.44. The summed E-state index contributed by atoms with van der Waals surface area (Å²) in [6, 6.07) is 12.5. The average Bonchev–Trinajstić information content (AvgIpc) is 3.14. The van der Waals surface area contributed by atoms with Gasteiger partial charge in [-0.15, -0.1) is 11.3 Å². The van der Waals surface area contributed by atoms with Crippen molar-refractivity contribution in [1.29, 1.82) is 0 Å². The van der Waals surface area contributed by atoms with E-state index in [2.05, 4.69) is 26.2 Å². The fourth-order valence-corrected chi connectivity index (χ4v) is 3.57. The Morgan fingerprint density at radius 3 is 2.55 bits per heavy atom. The number of esters is 1. The number of anilines is 1. The molecule has 0 aliphatic rings. The van der Waals surface area contributed by atoms with Crippen molar-refractivity contribution in [2.24, 2.45) is 0 Å². The normalized spacial score (nSPS) is 11.5. The SMILES string of the molecule is Cc1ncc(C(=O)OC(C(=O)Nc2ccc([N+](=O)[O-])cc2Br)c2ccccc2)s1. The van der Waals surface area contributed by atoms with Gasteiger partial charge in [0.15, 0.2) is 0 Å². The molecule has 29 heavy (non-hydrogen) atoms. The molecule has 3 aromatic rings. The van der Waals surface area contributed by atoms with E-state index in [1.54, 1.807) is 37.3 Å². The highest BCUT2D eigenvalue weighted by atomic mass is 79.9. The van der Waals surface area contributed by atoms with Gasteiger partial charge in [0.25, 0.3) is 11.6 Å². The number of thiazole rings is 1. The van der Waals surface area contributed by atoms with Crippen molar-refractivity contribution < 1.29 is 19.2 Å². The van der Waals surface area contributed by atoms with Crippen LogP contribution in [0.5, 0.6) is 0 Å². The van der Waals surface area contributed by atoms with E-state index in [1.165, 1.54) is 35.7 Å². The number of hydrogen-bond donors (Lipinski definition) is 1. The number of aromatic nitrogens is 1. The van der Waals surface area contributed by atoms with Crippen molar-refractivity contribution in [2.75, 3.05) is 5.32 Å². The van der Waals surface area contributed by atoms with Crippen molar-refractivity contribution in [3.63, 3.8) is 0 Å². The molecule has 0 bridgehead atoms. The quantitative estimate of drug-likeness (QED) is 0.315. The third-order valence-corrected chi connectivity index (χ3v) is 5.36. The molecule has 1 amide bonds. The van der Waals surface area contributed by atoms with E-state index < -0.39 is 22.9 Å². The zero-order valence-electron chi connectivity index (χ0n) is 15.0. The van der Waals surface area contributed by atoms with Crippen molar-refractivity contribution in [3.8, 4) is 0 Å². The third-order valence-electron chi connectivity index (χ3n) is 3.81. The lowest BCUT2D eigenvalue weighted by atomic mass is 10.1. The molecule has 8 nitrogen and oxygen atoms in total. The number of non-ortho nitro benzene ring substituents is 1. The van der Waals surface area contributed by atoms with Gasteiger partial charge in [0, 0.05) is 22.2 Å². The number of carbonyl (C=O) groups excluding carboxylic acids is 2. The predicted octanol–water partition coefficient (Wildman–Crippen LogP) is 4.66. The first kappa shape index (κ1) is 20.6. The summed E-state index contributed by atoms with van der Waals surface area (Å²) < 4.78 is 5.80. The van der Waals surface area contributed by atoms with E-state index in [4.69, 9.17) is 4.74 Å². The molecule has 0 fully saturated rings. The molecule has 2 aromatic carbocycles. The Balaban J connectivity index is 1.85. The summed E-state index contributed by atoms with van der Waals surface area (Å²) >= 11 is 4.37. The van der Waals surface area contributed by atoms with Gasteiger partial charge in [0.05, 0.1) is 21.8 Å². The summed E-state index contributed by atoms with van der Waals surface area (Å²) in [5.41, 5.74) is 0.672. The fraction of sp³-hybridized carbons (Fsp3) is 0.105. The summed E-state index contributed by atoms with van der Waals surface area (Å²) in [4.78, 5) is 40.0. The molecule has 1 heterocycles. The first-order valence-electron chi connectivity index (χ1n) is 8.28. The maximum atomic E-state index is 12.9. The number of benzene rings is 2. The monoisotopic (exact) mass is 475 g/mol. The molecule has 0 saturated carbocycles. The van der Waals surface area contributed by atoms with Gasteiger partial charge in [-0.2, -0.15) is 0 Å². The number of nitro benzene ring substituents is 1. The van der Waals surface area contributed by atoms with Crippen LogP contribution in [0.15, 0.2) is 59.2 Å². The van der Waals surface area contributed by atoms with Gasteiger partial charge >= 0.3 is 5.97 Å². The van der Waals surface area contributed by atoms with Crippen LogP contribution in [0.1, 0.15) is 26.3 Å². The Hall–Kier alpha value is -3.11. The van der Waals surface area contributed by atoms with Crippen LogP contribution in [0.25, 0.3) is 0 Å². The number of carbonyl (C=O) groups is 2. The van der Waals surface area contributed by atoms with E-state index in [1.807, 2.05) is 0 Å². The Morgan fingerprint density at radius 2 is 1.97 bits per heavy atom. The highest BCUT2D eigenvalue weighted by Crippen LogP contribution is 2.29. The lowest BCUT2D eigenvalue weighted by Crippen LogP contribution is -2.25. The molecule has 1 N–H and O–H groups in total. The molecule has 10 heteroatoms. The first-order chi connectivity index (χ1) is 13.8. The molecule has 1 unspecified atom stereocenters. The Kier molecular flexibility index (Phi) is 6.35. The number of nitrogens with zero attached hydrogens (tertiary/aromatic N) is 2. The largest absolute Gasteiger partial charge is 0.443 e. The van der Waals surface area contributed by atoms with Gasteiger partial charge in [-0.25, -0.2) is 9.78 Å². The summed E-state index contributed by atoms with van der Waals surface area (Å²) in [6.45, 7) is 1.76. The van der Waals surface area contributed by atoms with Gasteiger partial charge in [0.2, 0.25) is 6.10 Å². The number of aryl methyl sites for hydroxylation is 1. The Bertz CT molecular complexity index is 1070. The molecule has 0 aliphatic carbocycles. The zero-order valence-corrected chi connectivity index (χ0v) is 17.4. The van der Waals surface area contributed by atoms with Crippen LogP contribution in [0.4, 0.5) is 11.4 Å². The van der Waals surface area contributed by atoms with E-state index in [-0.39, 0.29) is 10.6 Å². The van der Waals surface area contributed by atoms with Crippen LogP contribution in [-0.2, 0) is 9.53 Å². The molecular weight excluding hydrogens is 462 g/mol. The standard InChI is InChI=1S/C19H14BrN3O5S/c1-11-21-10-16(29-11)19(25)28-17(12-5-3-2-4-6-12)18(24)22-15-8-7-13(23(26)27)9-14(15)20/h2-10,17H,1H3,(H,22,24). The second kappa shape index (κ2) is 8.93. The van der Waals surface area contributed by atoms with E-state index in [9.17, 15) is 19.7 Å². The van der Waals surface area contributed by atoms with Crippen molar-refractivity contribution in [2.45, 2.75) is 13.0 Å². The van der Waals surface area contributed by atoms with E-state index >= 15 is 0 Å². The topological polar surface area (TPSA) is 111 Å². The molecular formula is C19H14BrN3O5S. The van der Waals surface area contributed by atoms with Crippen LogP contribution in [0.3, 0.4) is 0 Å². The van der Waals surface area contributed by atoms with Gasteiger partial charge < -0.3 is 10.1 Å². The van der Waals surface area contributed by atoms with Crippen LogP contribution in [-0.4, -0.2) is 21.8 Å². The lowest BCUT2D eigenvalue weighted by Gasteiger charge is -2.18. The number of ether oxygens (including phenoxy) is 1. The molecule has 1 aromatic heterocycles. The number of hydrogen-bond acceptors (Lipinski definition) is 7. The minimum absolute atomic E-state index is 0.124. The molecule has 0 saturated heterocycles. The van der Waals surface area contributed by atoms with Crippen molar-refractivity contribution in [3.05, 3.63) is 84.8 Å². The number of amides is 1. The highest BCUT2D eigenvalue weighted by molar-refractivity contribution is 9.10. The van der Waals surface area contributed by atoms with Crippen LogP contribution >= 0.6 is 27.3 Å². The second-order valence-corrected chi connectivity index (χ2v) is 7.94. The van der Waals surface area contributed by atoms with Crippen LogP contribution < -0.4 is 5.32 Å². The molecule has 0 spiro atoms. The van der Waals surface area contributed by atoms with Gasteiger partial charge in [-0.05, 0) is 28.9 Å². The third kappa shape index (κ3) is 5.04. The summed E-state index contributed by atoms with van der Waals surface area (Å²) in [7, 11) is 0. The number of halogens is 1. The minimum atomic E-state index is -1.21. The van der Waals surface area contributed by atoms with Gasteiger partial charge in [-0.3, -0.25) is 14.9 Å². The number of nitro groups is 1. The van der Waals surface area contributed by atoms with Gasteiger partial charge in [-0.1, -0.05) is 30.3 Å². The molecule has 1 atom stereocenters. The second-order valence-electron chi connectivity index (χ2n) is 5.85. The zero-order chi connectivity index (χ0) is 21.0. The lowest BCUT2D eigenvalue weighted by molar-refractivity contribution is -0.384. The van der Waals surface area contributed by atoms with Crippen LogP contribution in [0.2, 0.25) is 0 Å². The Morgan fingerprint density at radius 1 is 1.24 bits per heavy atom. The minimum Gasteiger partial charge on any atom is -0.443 e. The smallest absolute Gasteiger partial charge is 0.351 e. The van der Waals surface area contributed by atoms with Crippen molar-refractivity contribution >= 4 is 50.5 Å². The summed E-state index contributed by atoms with van der Waals surface area (Å²) in [6.07, 6.45) is 0.183. The molecule has 0 aliphatic heterocycles. The predicted molar refractivity (Wildman–Crippen MR) is 111 cm³/mol. The molecule has 3 rings (SSSR count). The van der Waals surface area contributed by atoms with Crippen molar-refractivity contribution in [1.82, 2.24) is 4.98 Å². The average molecular weight is 476 g/mol. The van der Waals surface area contributed by atoms with Crippen LogP contribution in [0, 0.1) is 17.0 Å². The number of rotatable bonds is 6. The maximum Gasteiger partial charge on any atom is 0.351 e. The molecule has 148 valence electrons. The highest BCUT2D eigenvalue weighted by Gasteiger charge is 2.27. The summed E-state index contributed by atoms with van der Waals surface area (Å²) in [5.74, 6) is -1.26. The van der Waals surface area contributed by atoms with E-state index in [0.717, 1.165) is 0 Å². The number of nitrogens with one attached hydrogen (secondary N) is 1. The van der Waals surface area contributed by atoms with E-state index in [0.29, 0.717) is 20.7 Å². The van der Waals surface area contributed by atoms with Gasteiger partial charge in [0.1, 0.15) is 4.88 Å². The maximum absolute atomic E-state index is 12.9. The summed E-state index contributed by atoms with van der Waals surface area (Å²) in [5, 5.41) is 14.2. The first-order valence-corrected chi connectivity index (χ1v) is 9.89.